The van der Waals surface area contributed by atoms with E-state index in [9.17, 15) is 0 Å². The Hall–Kier alpha value is -0.800. The molecular weight excluding hydrogens is 282 g/mol. The molecule has 0 saturated heterocycles. The Morgan fingerprint density at radius 1 is 1.38 bits per heavy atom. The van der Waals surface area contributed by atoms with Crippen molar-refractivity contribution < 1.29 is 0 Å². The number of rotatable bonds is 5. The average molecular weight is 310 g/mol. The smallest absolute Gasteiger partial charge is 0.147 e. The molecule has 0 bridgehead atoms. The molecule has 2 rings (SSSR count). The van der Waals surface area contributed by atoms with Crippen LogP contribution in [0.3, 0.4) is 0 Å². The Balaban J connectivity index is 2.04. The summed E-state index contributed by atoms with van der Waals surface area (Å²) in [5, 5.41) is 4.06. The topological polar surface area (TPSA) is 28.2 Å². The Labute approximate surface area is 134 Å². The van der Waals surface area contributed by atoms with Gasteiger partial charge >= 0.3 is 0 Å². The summed E-state index contributed by atoms with van der Waals surface area (Å²) in [5.41, 5.74) is 1.63. The monoisotopic (exact) mass is 309 g/mol. The first kappa shape index (κ1) is 16.6. The van der Waals surface area contributed by atoms with E-state index in [1.54, 1.807) is 0 Å². The summed E-state index contributed by atoms with van der Waals surface area (Å²) >= 11 is 6.45. The highest BCUT2D eigenvalue weighted by Crippen LogP contribution is 2.38. The molecule has 0 amide bonds. The van der Waals surface area contributed by atoms with Crippen molar-refractivity contribution in [3.05, 3.63) is 22.8 Å². The molecule has 1 aromatic heterocycles. The summed E-state index contributed by atoms with van der Waals surface area (Å²) in [6.45, 7) is 8.61. The van der Waals surface area contributed by atoms with Crippen LogP contribution in [0.5, 0.6) is 0 Å². The van der Waals surface area contributed by atoms with Crippen molar-refractivity contribution in [2.24, 2.45) is 5.41 Å². The van der Waals surface area contributed by atoms with E-state index in [0.717, 1.165) is 29.5 Å². The molecule has 1 aromatic rings. The number of pyridine rings is 1. The highest BCUT2D eigenvalue weighted by Gasteiger charge is 2.29. The third-order valence-corrected chi connectivity index (χ3v) is 4.93. The molecule has 0 atom stereocenters. The summed E-state index contributed by atoms with van der Waals surface area (Å²) in [5.74, 6) is 0.918. The third kappa shape index (κ3) is 4.33. The highest BCUT2D eigenvalue weighted by molar-refractivity contribution is 6.33. The van der Waals surface area contributed by atoms with Crippen LogP contribution in [-0.4, -0.2) is 24.6 Å². The van der Waals surface area contributed by atoms with Crippen LogP contribution in [0.15, 0.2) is 12.3 Å². The van der Waals surface area contributed by atoms with Crippen LogP contribution in [0.2, 0.25) is 5.02 Å². The molecule has 1 saturated carbocycles. The Kier molecular flexibility index (Phi) is 5.50. The zero-order chi connectivity index (χ0) is 15.5. The molecule has 3 nitrogen and oxygen atoms in total. The second-order valence-corrected chi connectivity index (χ2v) is 7.34. The van der Waals surface area contributed by atoms with Gasteiger partial charge in [-0.1, -0.05) is 32.4 Å². The van der Waals surface area contributed by atoms with Gasteiger partial charge in [0.1, 0.15) is 5.82 Å². The van der Waals surface area contributed by atoms with Gasteiger partial charge in [0.2, 0.25) is 0 Å². The molecular formula is C17H28ClN3. The minimum absolute atomic E-state index is 0.490. The fourth-order valence-corrected chi connectivity index (χ4v) is 3.36. The van der Waals surface area contributed by atoms with Crippen molar-refractivity contribution in [3.8, 4) is 0 Å². The Bertz CT molecular complexity index is 463. The number of hydrogen-bond acceptors (Lipinski definition) is 3. The predicted molar refractivity (Wildman–Crippen MR) is 91.1 cm³/mol. The van der Waals surface area contributed by atoms with Crippen LogP contribution in [0, 0.1) is 5.41 Å². The number of hydrogen-bond donors (Lipinski definition) is 1. The van der Waals surface area contributed by atoms with Crippen LogP contribution in [0.4, 0.5) is 5.82 Å². The van der Waals surface area contributed by atoms with Crippen LogP contribution in [0.1, 0.15) is 52.0 Å². The van der Waals surface area contributed by atoms with E-state index in [2.05, 4.69) is 43.0 Å². The lowest BCUT2D eigenvalue weighted by molar-refractivity contribution is 0.222. The number of nitrogens with zero attached hydrogens (tertiary/aromatic N) is 2. The molecule has 4 heteroatoms. The minimum Gasteiger partial charge on any atom is -0.355 e. The number of halogens is 1. The Morgan fingerprint density at radius 2 is 2.05 bits per heavy atom. The molecule has 0 spiro atoms. The van der Waals surface area contributed by atoms with Gasteiger partial charge in [0.05, 0.1) is 5.02 Å². The van der Waals surface area contributed by atoms with Crippen LogP contribution in [-0.2, 0) is 6.54 Å². The fourth-order valence-electron chi connectivity index (χ4n) is 3.04. The van der Waals surface area contributed by atoms with E-state index in [1.165, 1.54) is 25.7 Å². The van der Waals surface area contributed by atoms with Crippen molar-refractivity contribution >= 4 is 17.4 Å². The van der Waals surface area contributed by atoms with Crippen LogP contribution in [0.25, 0.3) is 0 Å². The maximum Gasteiger partial charge on any atom is 0.147 e. The average Bonchev–Trinajstić information content (AvgIpc) is 2.44. The zero-order valence-corrected chi connectivity index (χ0v) is 14.5. The van der Waals surface area contributed by atoms with Crippen molar-refractivity contribution in [2.45, 2.75) is 59.0 Å². The molecule has 1 fully saturated rings. The van der Waals surface area contributed by atoms with Crippen molar-refractivity contribution in [1.82, 2.24) is 10.3 Å². The van der Waals surface area contributed by atoms with E-state index in [-0.39, 0.29) is 0 Å². The molecule has 1 aliphatic rings. The molecule has 0 unspecified atom stereocenters. The largest absolute Gasteiger partial charge is 0.355 e. The van der Waals surface area contributed by atoms with E-state index < -0.39 is 0 Å². The van der Waals surface area contributed by atoms with Crippen molar-refractivity contribution in [2.75, 3.05) is 18.5 Å². The van der Waals surface area contributed by atoms with Gasteiger partial charge in [-0.3, -0.25) is 0 Å². The first-order valence-corrected chi connectivity index (χ1v) is 8.39. The fraction of sp³-hybridized carbons (Fsp3) is 0.706. The third-order valence-electron chi connectivity index (χ3n) is 4.65. The van der Waals surface area contributed by atoms with E-state index in [4.69, 9.17) is 11.6 Å². The van der Waals surface area contributed by atoms with Crippen LogP contribution < -0.4 is 10.2 Å². The van der Waals surface area contributed by atoms with E-state index >= 15 is 0 Å². The summed E-state index contributed by atoms with van der Waals surface area (Å²) < 4.78 is 0. The number of anilines is 1. The van der Waals surface area contributed by atoms with Gasteiger partial charge in [0.15, 0.2) is 0 Å². The number of aromatic nitrogens is 1. The highest BCUT2D eigenvalue weighted by atomic mass is 35.5. The molecule has 118 valence electrons. The summed E-state index contributed by atoms with van der Waals surface area (Å²) in [4.78, 5) is 6.87. The molecule has 1 heterocycles. The second-order valence-electron chi connectivity index (χ2n) is 6.94. The standard InChI is InChI=1S/C17H28ClN3/c1-5-19-11-13-10-15(18)16(20-12-13)21(4)14-6-8-17(2,3)9-7-14/h10,12,14,19H,5-9,11H2,1-4H3. The van der Waals surface area contributed by atoms with Crippen LogP contribution >= 0.6 is 11.6 Å². The molecule has 1 aliphatic carbocycles. The van der Waals surface area contributed by atoms with E-state index in [1.807, 2.05) is 12.3 Å². The quantitative estimate of drug-likeness (QED) is 0.881. The second kappa shape index (κ2) is 6.97. The molecule has 0 radical (unpaired) electrons. The minimum atomic E-state index is 0.490. The molecule has 0 aliphatic heterocycles. The van der Waals surface area contributed by atoms with Gasteiger partial charge in [0, 0.05) is 25.8 Å². The molecule has 21 heavy (non-hydrogen) atoms. The van der Waals surface area contributed by atoms with Gasteiger partial charge in [-0.25, -0.2) is 4.98 Å². The number of nitrogens with one attached hydrogen (secondary N) is 1. The first-order valence-electron chi connectivity index (χ1n) is 8.01. The summed E-state index contributed by atoms with van der Waals surface area (Å²) in [6.07, 6.45) is 6.94. The van der Waals surface area contributed by atoms with Gasteiger partial charge in [-0.05, 0) is 49.3 Å². The van der Waals surface area contributed by atoms with Gasteiger partial charge in [0.25, 0.3) is 0 Å². The zero-order valence-electron chi connectivity index (χ0n) is 13.7. The van der Waals surface area contributed by atoms with Crippen molar-refractivity contribution in [1.29, 1.82) is 0 Å². The van der Waals surface area contributed by atoms with E-state index in [0.29, 0.717) is 11.5 Å². The lowest BCUT2D eigenvalue weighted by Crippen LogP contribution is -2.37. The van der Waals surface area contributed by atoms with Gasteiger partial charge in [-0.2, -0.15) is 0 Å². The molecule has 1 N–H and O–H groups in total. The van der Waals surface area contributed by atoms with Gasteiger partial charge in [-0.15, -0.1) is 0 Å². The lowest BCUT2D eigenvalue weighted by atomic mass is 9.75. The summed E-state index contributed by atoms with van der Waals surface area (Å²) in [6, 6.07) is 2.60. The molecule has 0 aromatic carbocycles. The van der Waals surface area contributed by atoms with Crippen molar-refractivity contribution in [3.63, 3.8) is 0 Å². The predicted octanol–water partition coefficient (Wildman–Crippen LogP) is 4.25. The first-order chi connectivity index (χ1) is 9.93. The van der Waals surface area contributed by atoms with Gasteiger partial charge < -0.3 is 10.2 Å². The normalized spacial score (nSPS) is 18.7. The maximum atomic E-state index is 6.45. The lowest BCUT2D eigenvalue weighted by Gasteiger charge is -2.39. The SMILES string of the molecule is CCNCc1cnc(N(C)C2CCC(C)(C)CC2)c(Cl)c1. The maximum absolute atomic E-state index is 6.45. The summed E-state index contributed by atoms with van der Waals surface area (Å²) in [7, 11) is 2.13. The Morgan fingerprint density at radius 3 is 2.62 bits per heavy atom.